The zero-order valence-electron chi connectivity index (χ0n) is 15.2. The van der Waals surface area contributed by atoms with Gasteiger partial charge in [0, 0.05) is 6.04 Å². The van der Waals surface area contributed by atoms with Crippen LogP contribution in [-0.4, -0.2) is 19.5 Å². The summed E-state index contributed by atoms with van der Waals surface area (Å²) in [5, 5.41) is 4.43. The van der Waals surface area contributed by atoms with Crippen molar-refractivity contribution in [3.05, 3.63) is 47.7 Å². The Hall–Kier alpha value is -2.89. The molecular weight excluding hydrogens is 326 g/mol. The second-order valence-electron chi connectivity index (χ2n) is 7.19. The van der Waals surface area contributed by atoms with Crippen LogP contribution in [0.25, 0.3) is 22.1 Å². The number of nitrogens with one attached hydrogen (secondary N) is 1. The van der Waals surface area contributed by atoms with Crippen molar-refractivity contribution in [3.8, 4) is 0 Å². The Balaban J connectivity index is 1.48. The van der Waals surface area contributed by atoms with Crippen molar-refractivity contribution in [2.45, 2.75) is 45.7 Å². The van der Waals surface area contributed by atoms with Crippen molar-refractivity contribution in [3.63, 3.8) is 0 Å². The normalized spacial score (nSPS) is 15.7. The summed E-state index contributed by atoms with van der Waals surface area (Å²) in [5.74, 6) is 2.34. The smallest absolute Gasteiger partial charge is 0.231 e. The molecule has 3 aromatic heterocycles. The molecule has 132 valence electrons. The van der Waals surface area contributed by atoms with Crippen LogP contribution in [0.2, 0.25) is 0 Å². The van der Waals surface area contributed by atoms with E-state index in [2.05, 4.69) is 50.0 Å². The molecule has 5 rings (SSSR count). The van der Waals surface area contributed by atoms with Gasteiger partial charge in [0.05, 0.1) is 28.8 Å². The summed E-state index contributed by atoms with van der Waals surface area (Å²) in [6, 6.07) is 9.23. The van der Waals surface area contributed by atoms with Gasteiger partial charge in [-0.15, -0.1) is 0 Å². The Morgan fingerprint density at radius 2 is 2.04 bits per heavy atom. The predicted molar refractivity (Wildman–Crippen MR) is 101 cm³/mol. The van der Waals surface area contributed by atoms with Gasteiger partial charge in [0.25, 0.3) is 0 Å². The van der Waals surface area contributed by atoms with Crippen molar-refractivity contribution in [2.75, 3.05) is 5.32 Å². The van der Waals surface area contributed by atoms with E-state index in [4.69, 9.17) is 4.42 Å². The molecule has 3 heterocycles. The quantitative estimate of drug-likeness (QED) is 0.579. The molecule has 4 aromatic rings. The van der Waals surface area contributed by atoms with E-state index in [9.17, 15) is 0 Å². The molecule has 1 aromatic carbocycles. The summed E-state index contributed by atoms with van der Waals surface area (Å²) in [6.45, 7) is 5.94. The molecule has 1 saturated carbocycles. The van der Waals surface area contributed by atoms with Gasteiger partial charge in [0.1, 0.15) is 17.4 Å². The van der Waals surface area contributed by atoms with Crippen LogP contribution < -0.4 is 5.32 Å². The number of hydrogen-bond acceptors (Lipinski definition) is 5. The van der Waals surface area contributed by atoms with Crippen molar-refractivity contribution in [2.24, 2.45) is 0 Å². The summed E-state index contributed by atoms with van der Waals surface area (Å²) in [6.07, 6.45) is 4.49. The maximum Gasteiger partial charge on any atom is 0.231 e. The van der Waals surface area contributed by atoms with Crippen molar-refractivity contribution >= 4 is 28.0 Å². The Bertz CT molecular complexity index is 1120. The van der Waals surface area contributed by atoms with E-state index >= 15 is 0 Å². The number of furan rings is 1. The molecule has 1 N–H and O–H groups in total. The van der Waals surface area contributed by atoms with Crippen LogP contribution in [0, 0.1) is 13.8 Å². The maximum atomic E-state index is 5.66. The van der Waals surface area contributed by atoms with Crippen LogP contribution in [0.3, 0.4) is 0 Å². The molecule has 1 aliphatic carbocycles. The minimum absolute atomic E-state index is 0.0955. The van der Waals surface area contributed by atoms with E-state index in [0.29, 0.717) is 17.6 Å². The van der Waals surface area contributed by atoms with E-state index in [1.54, 1.807) is 0 Å². The van der Waals surface area contributed by atoms with Gasteiger partial charge in [-0.25, -0.2) is 9.97 Å². The van der Waals surface area contributed by atoms with Gasteiger partial charge in [-0.2, -0.15) is 4.98 Å². The highest BCUT2D eigenvalue weighted by Crippen LogP contribution is 2.37. The van der Waals surface area contributed by atoms with Crippen molar-refractivity contribution in [1.29, 1.82) is 0 Å². The van der Waals surface area contributed by atoms with Gasteiger partial charge in [-0.1, -0.05) is 6.07 Å². The average molecular weight is 347 g/mol. The Morgan fingerprint density at radius 3 is 2.85 bits per heavy atom. The molecule has 1 atom stereocenters. The molecule has 6 nitrogen and oxygen atoms in total. The third kappa shape index (κ3) is 2.53. The number of rotatable bonds is 4. The van der Waals surface area contributed by atoms with E-state index in [-0.39, 0.29) is 6.04 Å². The average Bonchev–Trinajstić information content (AvgIpc) is 3.25. The summed E-state index contributed by atoms with van der Waals surface area (Å²) in [4.78, 5) is 13.5. The molecule has 6 heteroatoms. The molecule has 0 amide bonds. The molecular formula is C20H21N5O. The first-order chi connectivity index (χ1) is 12.6. The van der Waals surface area contributed by atoms with Crippen LogP contribution in [0.5, 0.6) is 0 Å². The largest absolute Gasteiger partial charge is 0.443 e. The Morgan fingerprint density at radius 1 is 1.19 bits per heavy atom. The molecule has 0 radical (unpaired) electrons. The molecule has 0 bridgehead atoms. The van der Waals surface area contributed by atoms with Crippen LogP contribution >= 0.6 is 0 Å². The van der Waals surface area contributed by atoms with Crippen LogP contribution in [0.4, 0.5) is 5.82 Å². The van der Waals surface area contributed by atoms with E-state index in [0.717, 1.165) is 22.5 Å². The summed E-state index contributed by atoms with van der Waals surface area (Å²) < 4.78 is 7.96. The van der Waals surface area contributed by atoms with Gasteiger partial charge in [-0.05, 0) is 57.4 Å². The fourth-order valence-electron chi connectivity index (χ4n) is 3.51. The van der Waals surface area contributed by atoms with E-state index < -0.39 is 0 Å². The fraction of sp³-hybridized carbons (Fsp3) is 0.350. The van der Waals surface area contributed by atoms with Gasteiger partial charge in [0.15, 0.2) is 0 Å². The predicted octanol–water partition coefficient (Wildman–Crippen LogP) is 4.70. The minimum atomic E-state index is 0.0955. The number of fused-ring (bicyclic) bond motifs is 2. The lowest BCUT2D eigenvalue weighted by Crippen LogP contribution is -2.09. The van der Waals surface area contributed by atoms with Crippen LogP contribution in [0.1, 0.15) is 49.0 Å². The first-order valence-electron chi connectivity index (χ1n) is 9.06. The number of nitrogens with zero attached hydrogens (tertiary/aromatic N) is 4. The molecule has 0 spiro atoms. The minimum Gasteiger partial charge on any atom is -0.443 e. The van der Waals surface area contributed by atoms with Crippen molar-refractivity contribution < 1.29 is 4.42 Å². The topological polar surface area (TPSA) is 68.8 Å². The summed E-state index contributed by atoms with van der Waals surface area (Å²) >= 11 is 0. The molecule has 0 saturated heterocycles. The second-order valence-corrected chi connectivity index (χ2v) is 7.19. The third-order valence-corrected chi connectivity index (χ3v) is 5.02. The lowest BCUT2D eigenvalue weighted by Gasteiger charge is -2.16. The molecule has 1 unspecified atom stereocenters. The lowest BCUT2D eigenvalue weighted by atomic mass is 10.1. The van der Waals surface area contributed by atoms with Gasteiger partial charge >= 0.3 is 0 Å². The number of anilines is 1. The number of aryl methyl sites for hydroxylation is 2. The Kier molecular flexibility index (Phi) is 3.29. The number of imidazole rings is 1. The highest BCUT2D eigenvalue weighted by molar-refractivity contribution is 5.86. The molecule has 26 heavy (non-hydrogen) atoms. The van der Waals surface area contributed by atoms with E-state index in [1.165, 1.54) is 23.9 Å². The highest BCUT2D eigenvalue weighted by atomic mass is 16.3. The molecule has 0 aliphatic heterocycles. The van der Waals surface area contributed by atoms with Gasteiger partial charge in [0.2, 0.25) is 5.71 Å². The third-order valence-electron chi connectivity index (χ3n) is 5.02. The van der Waals surface area contributed by atoms with Crippen LogP contribution in [-0.2, 0) is 0 Å². The standard InChI is InChI=1S/C20H21N5O/c1-11-8-16-19(23-13(3)24-20(16)26-11)22-12(2)14-4-7-18-17(9-14)21-10-25(18)15-5-6-15/h4,7-10,12,15H,5-6H2,1-3H3,(H,22,23,24). The van der Waals surface area contributed by atoms with Crippen LogP contribution in [0.15, 0.2) is 35.0 Å². The Labute approximate surface area is 151 Å². The number of aromatic nitrogens is 4. The lowest BCUT2D eigenvalue weighted by molar-refractivity contribution is 0.566. The monoisotopic (exact) mass is 347 g/mol. The number of benzene rings is 1. The first-order valence-corrected chi connectivity index (χ1v) is 9.06. The molecule has 1 fully saturated rings. The van der Waals surface area contributed by atoms with Crippen molar-refractivity contribution in [1.82, 2.24) is 19.5 Å². The zero-order chi connectivity index (χ0) is 17.8. The summed E-state index contributed by atoms with van der Waals surface area (Å²) in [7, 11) is 0. The van der Waals surface area contributed by atoms with Gasteiger partial charge in [-0.3, -0.25) is 0 Å². The number of hydrogen-bond donors (Lipinski definition) is 1. The zero-order valence-corrected chi connectivity index (χ0v) is 15.2. The fourth-order valence-corrected chi connectivity index (χ4v) is 3.51. The van der Waals surface area contributed by atoms with Gasteiger partial charge < -0.3 is 14.3 Å². The van der Waals surface area contributed by atoms with E-state index in [1.807, 2.05) is 26.2 Å². The SMILES string of the molecule is Cc1nc(NC(C)c2ccc3c(c2)ncn3C2CC2)c2cc(C)oc2n1. The molecule has 1 aliphatic rings. The second kappa shape index (κ2) is 5.56. The summed E-state index contributed by atoms with van der Waals surface area (Å²) in [5.41, 5.74) is 4.08. The first kappa shape index (κ1) is 15.4. The highest BCUT2D eigenvalue weighted by Gasteiger charge is 2.25. The maximum absolute atomic E-state index is 5.66.